The molecule has 2 atom stereocenters. The Hall–Kier alpha value is -0.890. The number of alkyl halides is 3. The van der Waals surface area contributed by atoms with Crippen LogP contribution in [0.2, 0.25) is 0 Å². The minimum atomic E-state index is -4.44. The first-order chi connectivity index (χ1) is 8.04. The van der Waals surface area contributed by atoms with Crippen LogP contribution in [0.3, 0.4) is 0 Å². The molecule has 0 amide bonds. The topological polar surface area (TPSA) is 41.1 Å². The Morgan fingerprint density at radius 3 is 2.41 bits per heavy atom. The molecule has 2 aliphatic heterocycles. The molecular weight excluding hydrogens is 253 g/mol. The fourth-order valence-corrected chi connectivity index (χ4v) is 3.17. The van der Waals surface area contributed by atoms with E-state index in [0.29, 0.717) is 17.0 Å². The summed E-state index contributed by atoms with van der Waals surface area (Å²) in [5.74, 6) is 0.0501. The van der Waals surface area contributed by atoms with Gasteiger partial charge in [-0.2, -0.15) is 22.5 Å². The minimum absolute atomic E-state index is 0.395. The minimum Gasteiger partial charge on any atom is -0.346 e. The van der Waals surface area contributed by atoms with Crippen molar-refractivity contribution in [2.24, 2.45) is 11.8 Å². The predicted octanol–water partition coefficient (Wildman–Crippen LogP) is 1.21. The van der Waals surface area contributed by atoms with E-state index in [0.717, 1.165) is 37.7 Å². The molecule has 2 unspecified atom stereocenters. The molecule has 0 aliphatic carbocycles. The third kappa shape index (κ3) is 1.99. The van der Waals surface area contributed by atoms with Crippen LogP contribution in [0.15, 0.2) is 0 Å². The van der Waals surface area contributed by atoms with Gasteiger partial charge >= 0.3 is 6.18 Å². The van der Waals surface area contributed by atoms with Crippen molar-refractivity contribution in [3.63, 3.8) is 0 Å². The SMILES string of the molecule is FC(F)(F)c1nsc(N2CC3CNCC3C2)n1. The summed E-state index contributed by atoms with van der Waals surface area (Å²) in [7, 11) is 0. The summed E-state index contributed by atoms with van der Waals surface area (Å²) in [5, 5.41) is 3.68. The Bertz CT molecular complexity index is 407. The highest BCUT2D eigenvalue weighted by molar-refractivity contribution is 7.09. The molecule has 1 aromatic heterocycles. The van der Waals surface area contributed by atoms with Gasteiger partial charge in [-0.15, -0.1) is 0 Å². The molecule has 0 saturated carbocycles. The van der Waals surface area contributed by atoms with Crippen LogP contribution in [0.4, 0.5) is 18.3 Å². The summed E-state index contributed by atoms with van der Waals surface area (Å²) in [6.07, 6.45) is -4.44. The van der Waals surface area contributed by atoms with Crippen LogP contribution >= 0.6 is 11.5 Å². The maximum atomic E-state index is 12.4. The number of hydrogen-bond donors (Lipinski definition) is 1. The molecule has 2 saturated heterocycles. The second-order valence-corrected chi connectivity index (χ2v) is 5.21. The molecule has 4 nitrogen and oxygen atoms in total. The Labute approximate surface area is 100 Å². The van der Waals surface area contributed by atoms with Gasteiger partial charge in [-0.05, 0) is 11.8 Å². The van der Waals surface area contributed by atoms with E-state index in [1.807, 2.05) is 4.90 Å². The van der Waals surface area contributed by atoms with Crippen LogP contribution in [-0.4, -0.2) is 35.5 Å². The highest BCUT2D eigenvalue weighted by atomic mass is 32.1. The van der Waals surface area contributed by atoms with Crippen molar-refractivity contribution in [3.05, 3.63) is 5.82 Å². The molecule has 94 valence electrons. The summed E-state index contributed by atoms with van der Waals surface area (Å²) in [5.41, 5.74) is 0. The van der Waals surface area contributed by atoms with E-state index < -0.39 is 12.0 Å². The number of rotatable bonds is 1. The zero-order valence-corrected chi connectivity index (χ0v) is 9.68. The van der Waals surface area contributed by atoms with E-state index in [1.54, 1.807) is 0 Å². The van der Waals surface area contributed by atoms with Gasteiger partial charge in [0.2, 0.25) is 11.0 Å². The Morgan fingerprint density at radius 1 is 1.24 bits per heavy atom. The quantitative estimate of drug-likeness (QED) is 0.828. The molecule has 0 aromatic carbocycles. The summed E-state index contributed by atoms with van der Waals surface area (Å²) in [6.45, 7) is 3.46. The van der Waals surface area contributed by atoms with Crippen molar-refractivity contribution in [2.75, 3.05) is 31.1 Å². The average molecular weight is 264 g/mol. The smallest absolute Gasteiger partial charge is 0.346 e. The maximum absolute atomic E-state index is 12.4. The normalized spacial score (nSPS) is 28.8. The molecular formula is C9H11F3N4S. The number of hydrogen-bond acceptors (Lipinski definition) is 5. The number of nitrogens with one attached hydrogen (secondary N) is 1. The van der Waals surface area contributed by atoms with Crippen LogP contribution in [0, 0.1) is 11.8 Å². The lowest BCUT2D eigenvalue weighted by atomic mass is 10.0. The fraction of sp³-hybridized carbons (Fsp3) is 0.778. The summed E-state index contributed by atoms with van der Waals surface area (Å²) >= 11 is 0.837. The van der Waals surface area contributed by atoms with Gasteiger partial charge in [0.15, 0.2) is 0 Å². The van der Waals surface area contributed by atoms with E-state index >= 15 is 0 Å². The van der Waals surface area contributed by atoms with E-state index in [1.165, 1.54) is 0 Å². The van der Waals surface area contributed by atoms with Crippen molar-refractivity contribution in [3.8, 4) is 0 Å². The monoisotopic (exact) mass is 264 g/mol. The third-order valence-electron chi connectivity index (χ3n) is 3.33. The van der Waals surface area contributed by atoms with E-state index in [2.05, 4.69) is 14.7 Å². The van der Waals surface area contributed by atoms with E-state index in [4.69, 9.17) is 0 Å². The van der Waals surface area contributed by atoms with Gasteiger partial charge in [0.05, 0.1) is 0 Å². The van der Waals surface area contributed by atoms with Crippen LogP contribution < -0.4 is 10.2 Å². The van der Waals surface area contributed by atoms with Crippen molar-refractivity contribution in [1.82, 2.24) is 14.7 Å². The Balaban J connectivity index is 1.75. The van der Waals surface area contributed by atoms with E-state index in [9.17, 15) is 13.2 Å². The molecule has 0 bridgehead atoms. The highest BCUT2D eigenvalue weighted by Crippen LogP contribution is 2.34. The number of nitrogens with zero attached hydrogens (tertiary/aromatic N) is 3. The molecule has 0 spiro atoms. The first kappa shape index (κ1) is 11.2. The van der Waals surface area contributed by atoms with Crippen LogP contribution in [0.5, 0.6) is 0 Å². The molecule has 1 aromatic rings. The number of fused-ring (bicyclic) bond motifs is 1. The largest absolute Gasteiger partial charge is 0.452 e. The Morgan fingerprint density at radius 2 is 1.88 bits per heavy atom. The van der Waals surface area contributed by atoms with E-state index in [-0.39, 0.29) is 0 Å². The third-order valence-corrected chi connectivity index (χ3v) is 4.11. The maximum Gasteiger partial charge on any atom is 0.452 e. The van der Waals surface area contributed by atoms with Gasteiger partial charge in [-0.1, -0.05) is 0 Å². The summed E-state index contributed by atoms with van der Waals surface area (Å²) in [4.78, 5) is 5.50. The number of halogens is 3. The highest BCUT2D eigenvalue weighted by Gasteiger charge is 2.40. The van der Waals surface area contributed by atoms with Gasteiger partial charge in [0.25, 0.3) is 0 Å². The second kappa shape index (κ2) is 3.81. The molecule has 3 rings (SSSR count). The lowest BCUT2D eigenvalue weighted by Crippen LogP contribution is -2.25. The van der Waals surface area contributed by atoms with Crippen LogP contribution in [0.25, 0.3) is 0 Å². The van der Waals surface area contributed by atoms with Crippen LogP contribution in [0.1, 0.15) is 5.82 Å². The Kier molecular flexibility index (Phi) is 2.51. The van der Waals surface area contributed by atoms with Crippen molar-refractivity contribution in [1.29, 1.82) is 0 Å². The summed E-state index contributed by atoms with van der Waals surface area (Å²) in [6, 6.07) is 0. The molecule has 2 aliphatic rings. The molecule has 0 radical (unpaired) electrons. The summed E-state index contributed by atoms with van der Waals surface area (Å²) < 4.78 is 40.5. The molecule has 1 N–H and O–H groups in total. The van der Waals surface area contributed by atoms with Gasteiger partial charge in [0, 0.05) is 37.7 Å². The molecule has 17 heavy (non-hydrogen) atoms. The van der Waals surface area contributed by atoms with Gasteiger partial charge < -0.3 is 10.2 Å². The predicted molar refractivity (Wildman–Crippen MR) is 57.0 cm³/mol. The lowest BCUT2D eigenvalue weighted by molar-refractivity contribution is -0.144. The number of aromatic nitrogens is 2. The first-order valence-corrected chi connectivity index (χ1v) is 6.18. The van der Waals surface area contributed by atoms with Gasteiger partial charge in [-0.3, -0.25) is 0 Å². The van der Waals surface area contributed by atoms with Crippen molar-refractivity contribution < 1.29 is 13.2 Å². The van der Waals surface area contributed by atoms with Crippen LogP contribution in [-0.2, 0) is 6.18 Å². The lowest BCUT2D eigenvalue weighted by Gasteiger charge is -2.14. The average Bonchev–Trinajstić information content (AvgIpc) is 2.90. The zero-order valence-electron chi connectivity index (χ0n) is 8.87. The van der Waals surface area contributed by atoms with Crippen molar-refractivity contribution in [2.45, 2.75) is 6.18 Å². The second-order valence-electron chi connectivity index (χ2n) is 4.48. The molecule has 8 heteroatoms. The van der Waals surface area contributed by atoms with Gasteiger partial charge in [-0.25, -0.2) is 0 Å². The molecule has 3 heterocycles. The van der Waals surface area contributed by atoms with Crippen molar-refractivity contribution >= 4 is 16.7 Å². The molecule has 2 fully saturated rings. The standard InChI is InChI=1S/C9H11F3N4S/c10-9(11,12)7-14-8(17-15-7)16-3-5-1-13-2-6(5)4-16/h5-6,13H,1-4H2. The zero-order chi connectivity index (χ0) is 12.0. The first-order valence-electron chi connectivity index (χ1n) is 5.40. The number of anilines is 1. The fourth-order valence-electron chi connectivity index (χ4n) is 2.47. The van der Waals surface area contributed by atoms with Gasteiger partial charge in [0.1, 0.15) is 0 Å².